The monoisotopic (exact) mass is 331 g/mol. The van der Waals surface area contributed by atoms with Crippen LogP contribution in [0.1, 0.15) is 29.0 Å². The minimum absolute atomic E-state index is 0.230. The molecule has 2 aromatic rings. The molecular weight excluding hydrogens is 314 g/mol. The maximum atomic E-state index is 11.9. The number of hydrogen-bond donors (Lipinski definition) is 1. The summed E-state index contributed by atoms with van der Waals surface area (Å²) in [7, 11) is 1.53. The Morgan fingerprint density at radius 3 is 2.96 bits per heavy atom. The number of rotatable bonds is 4. The van der Waals surface area contributed by atoms with Crippen LogP contribution in [0.25, 0.3) is 0 Å². The number of benzene rings is 1. The summed E-state index contributed by atoms with van der Waals surface area (Å²) in [5, 5.41) is 7.25. The fraction of sp³-hybridized carbons (Fsp3) is 0.312. The van der Waals surface area contributed by atoms with Crippen LogP contribution in [-0.4, -0.2) is 23.9 Å². The third-order valence-electron chi connectivity index (χ3n) is 3.41. The van der Waals surface area contributed by atoms with Crippen molar-refractivity contribution in [2.24, 2.45) is 5.16 Å². The van der Waals surface area contributed by atoms with E-state index in [1.807, 2.05) is 30.3 Å². The Morgan fingerprint density at radius 2 is 2.17 bits per heavy atom. The molecule has 1 aliphatic carbocycles. The second-order valence-corrected chi connectivity index (χ2v) is 6.05. The first-order chi connectivity index (χ1) is 11.3. The summed E-state index contributed by atoms with van der Waals surface area (Å²) in [6.45, 7) is 0.230. The third kappa shape index (κ3) is 3.87. The number of nitrogens with one attached hydrogen (secondary N) is 1. The Kier molecular flexibility index (Phi) is 4.87. The Morgan fingerprint density at radius 1 is 1.35 bits per heavy atom. The number of amides is 1. The van der Waals surface area contributed by atoms with Gasteiger partial charge in [0.15, 0.2) is 5.13 Å². The highest BCUT2D eigenvalue weighted by Gasteiger charge is 2.22. The van der Waals surface area contributed by atoms with Crippen molar-refractivity contribution in [3.8, 4) is 0 Å². The number of ether oxygens (including phenoxy) is 1. The smallest absolute Gasteiger partial charge is 0.413 e. The Bertz CT molecular complexity index is 713. The molecule has 3 rings (SSSR count). The zero-order chi connectivity index (χ0) is 16.1. The van der Waals surface area contributed by atoms with Crippen molar-refractivity contribution in [2.45, 2.75) is 25.9 Å². The minimum Gasteiger partial charge on any atom is -0.444 e. The molecule has 0 fully saturated rings. The van der Waals surface area contributed by atoms with Gasteiger partial charge in [0.25, 0.3) is 0 Å². The molecule has 1 aromatic carbocycles. The number of anilines is 1. The van der Waals surface area contributed by atoms with E-state index in [2.05, 4.69) is 15.5 Å². The van der Waals surface area contributed by atoms with Crippen molar-refractivity contribution in [1.82, 2.24) is 4.98 Å². The van der Waals surface area contributed by atoms with Gasteiger partial charge in [-0.2, -0.15) is 0 Å². The van der Waals surface area contributed by atoms with Gasteiger partial charge in [-0.15, -0.1) is 0 Å². The van der Waals surface area contributed by atoms with Gasteiger partial charge in [0.1, 0.15) is 13.7 Å². The van der Waals surface area contributed by atoms with Gasteiger partial charge in [0, 0.05) is 0 Å². The normalized spacial score (nSPS) is 15.1. The van der Waals surface area contributed by atoms with Crippen LogP contribution in [0.3, 0.4) is 0 Å². The van der Waals surface area contributed by atoms with E-state index in [0.29, 0.717) is 5.13 Å². The number of thiazole rings is 1. The zero-order valence-corrected chi connectivity index (χ0v) is 13.6. The van der Waals surface area contributed by atoms with Gasteiger partial charge >= 0.3 is 6.09 Å². The van der Waals surface area contributed by atoms with Crippen LogP contribution in [0.5, 0.6) is 0 Å². The molecular formula is C16H17N3O3S. The van der Waals surface area contributed by atoms with Crippen molar-refractivity contribution in [1.29, 1.82) is 0 Å². The van der Waals surface area contributed by atoms with Crippen molar-refractivity contribution < 1.29 is 14.4 Å². The second-order valence-electron chi connectivity index (χ2n) is 5.06. The number of oxime groups is 1. The summed E-state index contributed by atoms with van der Waals surface area (Å²) in [5.41, 5.74) is 2.78. The Hall–Kier alpha value is -2.41. The number of aryl methyl sites for hydroxylation is 1. The molecule has 6 nitrogen and oxygen atoms in total. The fourth-order valence-electron chi connectivity index (χ4n) is 2.38. The summed E-state index contributed by atoms with van der Waals surface area (Å²) in [6.07, 6.45) is 2.22. The van der Waals surface area contributed by atoms with Gasteiger partial charge in [0.2, 0.25) is 0 Å². The zero-order valence-electron chi connectivity index (χ0n) is 12.7. The lowest BCUT2D eigenvalue weighted by Gasteiger charge is -2.10. The van der Waals surface area contributed by atoms with E-state index in [-0.39, 0.29) is 6.61 Å². The van der Waals surface area contributed by atoms with E-state index in [1.165, 1.54) is 18.4 Å². The van der Waals surface area contributed by atoms with E-state index in [4.69, 9.17) is 9.57 Å². The van der Waals surface area contributed by atoms with E-state index in [9.17, 15) is 4.79 Å². The molecule has 0 unspecified atom stereocenters. The van der Waals surface area contributed by atoms with Gasteiger partial charge in [-0.05, 0) is 24.8 Å². The maximum Gasteiger partial charge on any atom is 0.413 e. The molecule has 0 saturated carbocycles. The summed E-state index contributed by atoms with van der Waals surface area (Å²) in [6, 6.07) is 9.54. The Labute approximate surface area is 138 Å². The molecule has 0 atom stereocenters. The number of aromatic nitrogens is 1. The van der Waals surface area contributed by atoms with Crippen LogP contribution in [-0.2, 0) is 22.6 Å². The van der Waals surface area contributed by atoms with Crippen LogP contribution < -0.4 is 5.32 Å². The molecule has 23 heavy (non-hydrogen) atoms. The van der Waals surface area contributed by atoms with Gasteiger partial charge in [-0.25, -0.2) is 9.78 Å². The molecule has 120 valence electrons. The minimum atomic E-state index is -0.509. The van der Waals surface area contributed by atoms with Gasteiger partial charge in [0.05, 0.1) is 16.3 Å². The summed E-state index contributed by atoms with van der Waals surface area (Å²) in [4.78, 5) is 22.2. The molecule has 0 spiro atoms. The van der Waals surface area contributed by atoms with Crippen molar-refractivity contribution in [3.63, 3.8) is 0 Å². The predicted molar refractivity (Wildman–Crippen MR) is 88.8 cm³/mol. The lowest BCUT2D eigenvalue weighted by atomic mass is 10.0. The lowest BCUT2D eigenvalue weighted by molar-refractivity contribution is 0.155. The number of carbonyl (C=O) groups excluding carboxylic acids is 1. The highest BCUT2D eigenvalue weighted by atomic mass is 32.1. The molecule has 0 radical (unpaired) electrons. The highest BCUT2D eigenvalue weighted by molar-refractivity contribution is 7.17. The van der Waals surface area contributed by atoms with E-state index < -0.39 is 6.09 Å². The van der Waals surface area contributed by atoms with E-state index in [1.54, 1.807) is 0 Å². The quantitative estimate of drug-likeness (QED) is 0.869. The fourth-order valence-corrected chi connectivity index (χ4v) is 3.39. The molecule has 1 N–H and O–H groups in total. The van der Waals surface area contributed by atoms with Gasteiger partial charge in [-0.3, -0.25) is 5.32 Å². The summed E-state index contributed by atoms with van der Waals surface area (Å²) < 4.78 is 5.20. The SMILES string of the molecule is CO/N=C1/CCCc2nc(NC(=O)OCc3ccccc3)sc21. The predicted octanol–water partition coefficient (Wildman–Crippen LogP) is 3.58. The maximum absolute atomic E-state index is 11.9. The summed E-state index contributed by atoms with van der Waals surface area (Å²) in [5.74, 6) is 0. The van der Waals surface area contributed by atoms with E-state index in [0.717, 1.165) is 41.1 Å². The standard InChI is InChI=1S/C16H17N3O3S/c1-21-19-13-9-5-8-12-14(13)23-15(17-12)18-16(20)22-10-11-6-3-2-4-7-11/h2-4,6-7H,5,8-10H2,1H3,(H,17,18,20)/b19-13-. The van der Waals surface area contributed by atoms with Crippen LogP contribution >= 0.6 is 11.3 Å². The first-order valence-electron chi connectivity index (χ1n) is 7.34. The third-order valence-corrected chi connectivity index (χ3v) is 4.47. The van der Waals surface area contributed by atoms with Crippen LogP contribution in [0.15, 0.2) is 35.5 Å². The molecule has 0 saturated heterocycles. The number of fused-ring (bicyclic) bond motifs is 1. The molecule has 7 heteroatoms. The average Bonchev–Trinajstić information content (AvgIpc) is 2.97. The first-order valence-corrected chi connectivity index (χ1v) is 8.15. The van der Waals surface area contributed by atoms with E-state index >= 15 is 0 Å². The molecule has 0 bridgehead atoms. The molecule has 1 heterocycles. The molecule has 1 aliphatic rings. The molecule has 1 amide bonds. The average molecular weight is 331 g/mol. The second kappa shape index (κ2) is 7.23. The molecule has 1 aromatic heterocycles. The molecule has 0 aliphatic heterocycles. The Balaban J connectivity index is 1.62. The number of hydrogen-bond acceptors (Lipinski definition) is 6. The van der Waals surface area contributed by atoms with Crippen molar-refractivity contribution in [3.05, 3.63) is 46.5 Å². The van der Waals surface area contributed by atoms with Crippen LogP contribution in [0, 0.1) is 0 Å². The summed E-state index contributed by atoms with van der Waals surface area (Å²) >= 11 is 1.40. The topological polar surface area (TPSA) is 72.8 Å². The van der Waals surface area contributed by atoms with Gasteiger partial charge in [-0.1, -0.05) is 46.8 Å². The van der Waals surface area contributed by atoms with Crippen LogP contribution in [0.4, 0.5) is 9.93 Å². The number of nitrogens with zero attached hydrogens (tertiary/aromatic N) is 2. The van der Waals surface area contributed by atoms with Crippen LogP contribution in [0.2, 0.25) is 0 Å². The highest BCUT2D eigenvalue weighted by Crippen LogP contribution is 2.30. The number of carbonyl (C=O) groups is 1. The van der Waals surface area contributed by atoms with Crippen molar-refractivity contribution >= 4 is 28.3 Å². The lowest BCUT2D eigenvalue weighted by Crippen LogP contribution is -2.13. The first kappa shape index (κ1) is 15.5. The van der Waals surface area contributed by atoms with Crippen molar-refractivity contribution in [2.75, 3.05) is 12.4 Å². The van der Waals surface area contributed by atoms with Gasteiger partial charge < -0.3 is 9.57 Å². The largest absolute Gasteiger partial charge is 0.444 e.